The molecule has 0 fully saturated rings. The molecule has 2 heterocycles. The van der Waals surface area contributed by atoms with Crippen LogP contribution in [-0.4, -0.2) is 19.9 Å². The lowest BCUT2D eigenvalue weighted by Crippen LogP contribution is -2.09. The average molecular weight is 266 g/mol. The Kier molecular flexibility index (Phi) is 2.88. The second-order valence-corrected chi connectivity index (χ2v) is 3.71. The minimum absolute atomic E-state index is 0.154. The molecular weight excluding hydrogens is 258 g/mol. The van der Waals surface area contributed by atoms with Crippen LogP contribution in [0.15, 0.2) is 23.4 Å². The number of hydrogen-bond donors (Lipinski definition) is 1. The molecule has 0 saturated heterocycles. The van der Waals surface area contributed by atoms with E-state index in [0.29, 0.717) is 5.52 Å². The summed E-state index contributed by atoms with van der Waals surface area (Å²) in [5, 5.41) is 4.83. The number of rotatable bonds is 1. The van der Waals surface area contributed by atoms with E-state index in [1.165, 1.54) is 10.8 Å². The first-order valence-electron chi connectivity index (χ1n) is 4.42. The Labute approximate surface area is 94.4 Å². The van der Waals surface area contributed by atoms with E-state index in [1.807, 2.05) is 0 Å². The van der Waals surface area contributed by atoms with E-state index in [2.05, 4.69) is 37.9 Å². The van der Waals surface area contributed by atoms with Crippen molar-refractivity contribution in [3.63, 3.8) is 0 Å². The molecule has 0 radical (unpaired) electrons. The fraction of sp³-hybridized carbons (Fsp3) is 0.200. The van der Waals surface area contributed by atoms with Gasteiger partial charge in [-0.15, -0.1) is 0 Å². The van der Waals surface area contributed by atoms with Crippen LogP contribution < -0.4 is 5.56 Å². The molecule has 0 bridgehead atoms. The molecule has 0 atom stereocenters. The van der Waals surface area contributed by atoms with Gasteiger partial charge in [0.15, 0.2) is 0 Å². The Balaban J connectivity index is 2.45. The molecular formula is C10H8BrN3O. The van der Waals surface area contributed by atoms with Gasteiger partial charge in [-0.2, -0.15) is 5.10 Å². The van der Waals surface area contributed by atoms with Crippen LogP contribution in [0.25, 0.3) is 5.52 Å². The molecule has 0 aliphatic rings. The molecule has 15 heavy (non-hydrogen) atoms. The quantitative estimate of drug-likeness (QED) is 0.622. The van der Waals surface area contributed by atoms with Gasteiger partial charge in [0.25, 0.3) is 5.56 Å². The van der Waals surface area contributed by atoms with E-state index < -0.39 is 0 Å². The van der Waals surface area contributed by atoms with Crippen LogP contribution in [0.3, 0.4) is 0 Å². The molecule has 4 nitrogen and oxygen atoms in total. The summed E-state index contributed by atoms with van der Waals surface area (Å²) in [5.41, 5.74) is 1.17. The van der Waals surface area contributed by atoms with Crippen LogP contribution in [0.5, 0.6) is 0 Å². The van der Waals surface area contributed by atoms with E-state index in [0.717, 1.165) is 17.3 Å². The highest BCUT2D eigenvalue weighted by Gasteiger charge is 2.00. The van der Waals surface area contributed by atoms with Gasteiger partial charge in [0, 0.05) is 23.5 Å². The Morgan fingerprint density at radius 3 is 3.20 bits per heavy atom. The predicted octanol–water partition coefficient (Wildman–Crippen LogP) is 1.16. The third kappa shape index (κ3) is 2.10. The van der Waals surface area contributed by atoms with Crippen molar-refractivity contribution in [2.75, 3.05) is 5.33 Å². The van der Waals surface area contributed by atoms with Crippen molar-refractivity contribution in [2.45, 2.75) is 6.42 Å². The molecule has 0 aromatic carbocycles. The first-order valence-corrected chi connectivity index (χ1v) is 5.54. The van der Waals surface area contributed by atoms with Gasteiger partial charge in [-0.1, -0.05) is 27.8 Å². The Bertz CT molecular complexity index is 588. The summed E-state index contributed by atoms with van der Waals surface area (Å²) in [6.45, 7) is 0. The zero-order valence-corrected chi connectivity index (χ0v) is 9.41. The summed E-state index contributed by atoms with van der Waals surface area (Å²) in [6.07, 6.45) is 3.90. The second-order valence-electron chi connectivity index (χ2n) is 2.92. The lowest BCUT2D eigenvalue weighted by molar-refractivity contribution is 0.888. The van der Waals surface area contributed by atoms with Crippen molar-refractivity contribution in [1.29, 1.82) is 0 Å². The summed E-state index contributed by atoms with van der Waals surface area (Å²) >= 11 is 3.29. The fourth-order valence-electron chi connectivity index (χ4n) is 1.22. The van der Waals surface area contributed by atoms with Gasteiger partial charge in [0.05, 0.1) is 0 Å². The minimum atomic E-state index is -0.154. The van der Waals surface area contributed by atoms with Crippen LogP contribution in [0, 0.1) is 11.8 Å². The van der Waals surface area contributed by atoms with Crippen molar-refractivity contribution < 1.29 is 0 Å². The van der Waals surface area contributed by atoms with Crippen molar-refractivity contribution in [3.05, 3.63) is 34.5 Å². The van der Waals surface area contributed by atoms with Gasteiger partial charge in [0.2, 0.25) is 0 Å². The molecule has 2 aromatic heterocycles. The molecule has 0 amide bonds. The molecule has 0 saturated carbocycles. The third-order valence-electron chi connectivity index (χ3n) is 1.86. The van der Waals surface area contributed by atoms with E-state index in [1.54, 1.807) is 12.3 Å². The molecule has 0 aliphatic carbocycles. The van der Waals surface area contributed by atoms with Crippen molar-refractivity contribution in [3.8, 4) is 11.8 Å². The zero-order chi connectivity index (χ0) is 10.7. The first-order chi connectivity index (χ1) is 7.31. The topological polar surface area (TPSA) is 50.2 Å². The lowest BCUT2D eigenvalue weighted by atomic mass is 10.3. The first kappa shape index (κ1) is 9.99. The van der Waals surface area contributed by atoms with Crippen LogP contribution >= 0.6 is 15.9 Å². The van der Waals surface area contributed by atoms with Crippen molar-refractivity contribution in [2.24, 2.45) is 0 Å². The fourth-order valence-corrected chi connectivity index (χ4v) is 1.42. The van der Waals surface area contributed by atoms with Gasteiger partial charge >= 0.3 is 0 Å². The standard InChI is InChI=1S/C10H8BrN3O/c11-4-2-1-3-8-5-9-10(15)12-7-13-14(9)6-8/h5-7H,2,4H2,(H,12,13,15). The maximum absolute atomic E-state index is 11.3. The van der Waals surface area contributed by atoms with E-state index in [9.17, 15) is 4.79 Å². The summed E-state index contributed by atoms with van der Waals surface area (Å²) < 4.78 is 1.52. The normalized spacial score (nSPS) is 9.93. The Hall–Kier alpha value is -1.54. The van der Waals surface area contributed by atoms with E-state index in [-0.39, 0.29) is 5.56 Å². The van der Waals surface area contributed by atoms with Gasteiger partial charge in [0.1, 0.15) is 11.8 Å². The van der Waals surface area contributed by atoms with E-state index in [4.69, 9.17) is 0 Å². The number of aromatic nitrogens is 3. The number of alkyl halides is 1. The summed E-state index contributed by atoms with van der Waals surface area (Å²) in [7, 11) is 0. The van der Waals surface area contributed by atoms with Gasteiger partial charge < -0.3 is 4.98 Å². The average Bonchev–Trinajstić information content (AvgIpc) is 2.63. The third-order valence-corrected chi connectivity index (χ3v) is 2.26. The number of nitrogens with one attached hydrogen (secondary N) is 1. The van der Waals surface area contributed by atoms with Crippen LogP contribution in [-0.2, 0) is 0 Å². The van der Waals surface area contributed by atoms with Crippen LogP contribution in [0.4, 0.5) is 0 Å². The monoisotopic (exact) mass is 265 g/mol. The van der Waals surface area contributed by atoms with Gasteiger partial charge in [-0.05, 0) is 6.07 Å². The number of fused-ring (bicyclic) bond motifs is 1. The molecule has 5 heteroatoms. The number of hydrogen-bond acceptors (Lipinski definition) is 2. The molecule has 0 aliphatic heterocycles. The molecule has 1 N–H and O–H groups in total. The molecule has 2 aromatic rings. The van der Waals surface area contributed by atoms with Gasteiger partial charge in [-0.3, -0.25) is 4.79 Å². The van der Waals surface area contributed by atoms with E-state index >= 15 is 0 Å². The summed E-state index contributed by atoms with van der Waals surface area (Å²) in [6, 6.07) is 1.73. The second kappa shape index (κ2) is 4.32. The molecule has 0 unspecified atom stereocenters. The summed E-state index contributed by atoms with van der Waals surface area (Å²) in [5.74, 6) is 5.95. The van der Waals surface area contributed by atoms with Crippen LogP contribution in [0.1, 0.15) is 12.0 Å². The maximum atomic E-state index is 11.3. The Morgan fingerprint density at radius 1 is 1.60 bits per heavy atom. The predicted molar refractivity (Wildman–Crippen MR) is 61.1 cm³/mol. The number of nitrogens with zero attached hydrogens (tertiary/aromatic N) is 2. The molecule has 2 rings (SSSR count). The molecule has 0 spiro atoms. The minimum Gasteiger partial charge on any atom is -0.310 e. The number of halogens is 1. The number of aromatic amines is 1. The SMILES string of the molecule is O=c1[nH]cnn2cc(C#CCCBr)cc12. The maximum Gasteiger partial charge on any atom is 0.275 e. The highest BCUT2D eigenvalue weighted by molar-refractivity contribution is 9.09. The van der Waals surface area contributed by atoms with Crippen molar-refractivity contribution in [1.82, 2.24) is 14.6 Å². The highest BCUT2D eigenvalue weighted by atomic mass is 79.9. The van der Waals surface area contributed by atoms with Crippen molar-refractivity contribution >= 4 is 21.4 Å². The Morgan fingerprint density at radius 2 is 2.47 bits per heavy atom. The summed E-state index contributed by atoms with van der Waals surface area (Å²) in [4.78, 5) is 13.9. The number of H-pyrrole nitrogens is 1. The lowest BCUT2D eigenvalue weighted by Gasteiger charge is -1.87. The van der Waals surface area contributed by atoms with Gasteiger partial charge in [-0.25, -0.2) is 4.52 Å². The zero-order valence-electron chi connectivity index (χ0n) is 7.83. The highest BCUT2D eigenvalue weighted by Crippen LogP contribution is 2.02. The van der Waals surface area contributed by atoms with Crippen LogP contribution in [0.2, 0.25) is 0 Å². The smallest absolute Gasteiger partial charge is 0.275 e. The molecule has 76 valence electrons. The largest absolute Gasteiger partial charge is 0.310 e.